The van der Waals surface area contributed by atoms with E-state index in [9.17, 15) is 9.59 Å². The van der Waals surface area contributed by atoms with Gasteiger partial charge in [0, 0.05) is 22.7 Å². The highest BCUT2D eigenvalue weighted by atomic mass is 35.5. The van der Waals surface area contributed by atoms with Crippen molar-refractivity contribution in [2.24, 2.45) is 0 Å². The van der Waals surface area contributed by atoms with Crippen LogP contribution in [-0.2, 0) is 11.2 Å². The summed E-state index contributed by atoms with van der Waals surface area (Å²) in [5, 5.41) is 1.24. The first-order chi connectivity index (χ1) is 15.0. The monoisotopic (exact) mass is 443 g/mol. The molecule has 3 rings (SSSR count). The molecule has 1 heterocycles. The van der Waals surface area contributed by atoms with Crippen molar-refractivity contribution in [3.8, 4) is 11.5 Å². The molecule has 3 aromatic rings. The summed E-state index contributed by atoms with van der Waals surface area (Å²) in [6.07, 6.45) is 3.78. The number of hydrogen-bond acceptors (Lipinski definition) is 4. The van der Waals surface area contributed by atoms with Gasteiger partial charge in [-0.1, -0.05) is 43.1 Å². The molecule has 0 fully saturated rings. The number of benzene rings is 2. The number of H-pyrrole nitrogens is 1. The zero-order chi connectivity index (χ0) is 22.2. The lowest BCUT2D eigenvalue weighted by atomic mass is 10.1. The van der Waals surface area contributed by atoms with Gasteiger partial charge in [0.25, 0.3) is 5.91 Å². The number of halogens is 1. The first-order valence-electron chi connectivity index (χ1n) is 10.3. The number of aromatic nitrogens is 1. The molecule has 0 atom stereocenters. The first kappa shape index (κ1) is 22.5. The van der Waals surface area contributed by atoms with Gasteiger partial charge in [-0.25, -0.2) is 0 Å². The Balaban J connectivity index is 1.64. The normalized spacial score (nSPS) is 10.7. The van der Waals surface area contributed by atoms with Gasteiger partial charge < -0.3 is 14.5 Å². The van der Waals surface area contributed by atoms with E-state index in [1.807, 2.05) is 31.2 Å². The van der Waals surface area contributed by atoms with Crippen LogP contribution in [-0.4, -0.2) is 30.0 Å². The Morgan fingerprint density at radius 3 is 2.68 bits per heavy atom. The molecule has 0 aliphatic heterocycles. The molecule has 0 spiro atoms. The van der Waals surface area contributed by atoms with Crippen molar-refractivity contribution in [3.05, 3.63) is 58.7 Å². The Labute approximate surface area is 186 Å². The summed E-state index contributed by atoms with van der Waals surface area (Å²) < 4.78 is 11.3. The number of rotatable bonds is 9. The maximum Gasteiger partial charge on any atom is 0.269 e. The Kier molecular flexibility index (Phi) is 7.78. The van der Waals surface area contributed by atoms with E-state index in [1.165, 1.54) is 6.07 Å². The maximum absolute atomic E-state index is 12.6. The van der Waals surface area contributed by atoms with Gasteiger partial charge in [0.2, 0.25) is 5.91 Å². The Morgan fingerprint density at radius 2 is 1.90 bits per heavy atom. The second kappa shape index (κ2) is 10.7. The molecule has 0 aliphatic rings. The van der Waals surface area contributed by atoms with E-state index in [0.29, 0.717) is 24.7 Å². The Hall–Kier alpha value is -3.19. The minimum atomic E-state index is -0.504. The van der Waals surface area contributed by atoms with Crippen LogP contribution in [0.25, 0.3) is 10.9 Å². The number of hydrazine groups is 1. The van der Waals surface area contributed by atoms with Crippen molar-refractivity contribution in [1.29, 1.82) is 0 Å². The molecule has 31 heavy (non-hydrogen) atoms. The van der Waals surface area contributed by atoms with Crippen molar-refractivity contribution in [2.75, 3.05) is 13.2 Å². The van der Waals surface area contributed by atoms with E-state index < -0.39 is 5.91 Å². The minimum absolute atomic E-state index is 0.124. The number of aromatic amines is 1. The fourth-order valence-electron chi connectivity index (χ4n) is 3.11. The number of ether oxygens (including phenoxy) is 2. The van der Waals surface area contributed by atoms with Crippen LogP contribution >= 0.6 is 11.6 Å². The number of para-hydroxylation sites is 1. The van der Waals surface area contributed by atoms with E-state index >= 15 is 0 Å². The van der Waals surface area contributed by atoms with Crippen LogP contribution in [0.5, 0.6) is 11.5 Å². The molecule has 7 nitrogen and oxygen atoms in total. The molecular formula is C23H26ClN3O4. The molecule has 2 amide bonds. The van der Waals surface area contributed by atoms with Crippen LogP contribution in [0.1, 0.15) is 42.6 Å². The lowest BCUT2D eigenvalue weighted by molar-refractivity contribution is -0.121. The van der Waals surface area contributed by atoms with Gasteiger partial charge in [-0.05, 0) is 37.1 Å². The highest BCUT2D eigenvalue weighted by molar-refractivity contribution is 6.32. The molecule has 0 unspecified atom stereocenters. The zero-order valence-corrected chi connectivity index (χ0v) is 18.3. The molecule has 8 heteroatoms. The molecule has 0 bridgehead atoms. The largest absolute Gasteiger partial charge is 0.490 e. The Bertz CT molecular complexity index is 1060. The van der Waals surface area contributed by atoms with Crippen LogP contribution in [0.2, 0.25) is 5.02 Å². The predicted molar refractivity (Wildman–Crippen MR) is 121 cm³/mol. The molecule has 0 radical (unpaired) electrons. The summed E-state index contributed by atoms with van der Waals surface area (Å²) in [5.41, 5.74) is 6.92. The van der Waals surface area contributed by atoms with Gasteiger partial charge in [0.05, 0.1) is 24.7 Å². The molecule has 3 N–H and O–H groups in total. The van der Waals surface area contributed by atoms with Gasteiger partial charge in [-0.15, -0.1) is 0 Å². The molecule has 164 valence electrons. The van der Waals surface area contributed by atoms with E-state index in [1.54, 1.807) is 12.3 Å². The zero-order valence-electron chi connectivity index (χ0n) is 17.6. The van der Waals surface area contributed by atoms with Gasteiger partial charge in [-0.2, -0.15) is 0 Å². The SMILES string of the molecule is CCCCOc1c(Cl)cc(C(=O)NNC(=O)Cc2c[nH]c3ccccc23)cc1OCC. The summed E-state index contributed by atoms with van der Waals surface area (Å²) >= 11 is 6.33. The minimum Gasteiger partial charge on any atom is -0.490 e. The smallest absolute Gasteiger partial charge is 0.269 e. The average molecular weight is 444 g/mol. The van der Waals surface area contributed by atoms with Gasteiger partial charge >= 0.3 is 0 Å². The molecule has 1 aromatic heterocycles. The van der Waals surface area contributed by atoms with Crippen molar-refractivity contribution in [2.45, 2.75) is 33.1 Å². The summed E-state index contributed by atoms with van der Waals surface area (Å²) in [6.45, 7) is 4.80. The summed E-state index contributed by atoms with van der Waals surface area (Å²) in [4.78, 5) is 28.0. The number of carbonyl (C=O) groups is 2. The van der Waals surface area contributed by atoms with Gasteiger partial charge in [-0.3, -0.25) is 20.4 Å². The topological polar surface area (TPSA) is 92.5 Å². The first-order valence-corrected chi connectivity index (χ1v) is 10.6. The third kappa shape index (κ3) is 5.70. The van der Waals surface area contributed by atoms with E-state index in [-0.39, 0.29) is 22.9 Å². The quantitative estimate of drug-likeness (QED) is 0.337. The number of carbonyl (C=O) groups excluding carboxylic acids is 2. The number of unbranched alkanes of at least 4 members (excludes halogenated alkanes) is 1. The van der Waals surface area contributed by atoms with Crippen LogP contribution in [0.4, 0.5) is 0 Å². The molecular weight excluding hydrogens is 418 g/mol. The number of hydrogen-bond donors (Lipinski definition) is 3. The van der Waals surface area contributed by atoms with Gasteiger partial charge in [0.15, 0.2) is 11.5 Å². The molecule has 0 saturated heterocycles. The van der Waals surface area contributed by atoms with Crippen LogP contribution in [0.3, 0.4) is 0 Å². The summed E-state index contributed by atoms with van der Waals surface area (Å²) in [5.74, 6) is -0.0396. The molecule has 0 saturated carbocycles. The number of fused-ring (bicyclic) bond motifs is 1. The number of nitrogens with one attached hydrogen (secondary N) is 3. The van der Waals surface area contributed by atoms with Crippen LogP contribution < -0.4 is 20.3 Å². The van der Waals surface area contributed by atoms with Crippen molar-refractivity contribution < 1.29 is 19.1 Å². The summed E-state index contributed by atoms with van der Waals surface area (Å²) in [6, 6.07) is 10.8. The van der Waals surface area contributed by atoms with Crippen LogP contribution in [0.15, 0.2) is 42.6 Å². The predicted octanol–water partition coefficient (Wildman–Crippen LogP) is 4.40. The van der Waals surface area contributed by atoms with Crippen molar-refractivity contribution in [3.63, 3.8) is 0 Å². The van der Waals surface area contributed by atoms with E-state index in [2.05, 4.69) is 22.8 Å². The average Bonchev–Trinajstić information content (AvgIpc) is 3.16. The summed E-state index contributed by atoms with van der Waals surface area (Å²) in [7, 11) is 0. The van der Waals surface area contributed by atoms with E-state index in [0.717, 1.165) is 29.3 Å². The highest BCUT2D eigenvalue weighted by Crippen LogP contribution is 2.36. The lowest BCUT2D eigenvalue weighted by Crippen LogP contribution is -2.42. The maximum atomic E-state index is 12.6. The third-order valence-corrected chi connectivity index (χ3v) is 4.94. The molecule has 2 aromatic carbocycles. The van der Waals surface area contributed by atoms with E-state index in [4.69, 9.17) is 21.1 Å². The second-order valence-corrected chi connectivity index (χ2v) is 7.37. The standard InChI is InChI=1S/C23H26ClN3O4/c1-3-5-10-31-22-18(24)11-15(12-20(22)30-4-2)23(29)27-26-21(28)13-16-14-25-19-9-7-6-8-17(16)19/h6-9,11-12,14,25H,3-5,10,13H2,1-2H3,(H,26,28)(H,27,29). The van der Waals surface area contributed by atoms with Crippen molar-refractivity contribution in [1.82, 2.24) is 15.8 Å². The fraction of sp³-hybridized carbons (Fsp3) is 0.304. The van der Waals surface area contributed by atoms with Crippen LogP contribution in [0, 0.1) is 0 Å². The highest BCUT2D eigenvalue weighted by Gasteiger charge is 2.17. The second-order valence-electron chi connectivity index (χ2n) is 6.96. The molecule has 0 aliphatic carbocycles. The van der Waals surface area contributed by atoms with Crippen molar-refractivity contribution >= 4 is 34.3 Å². The fourth-order valence-corrected chi connectivity index (χ4v) is 3.38. The number of amides is 2. The van der Waals surface area contributed by atoms with Gasteiger partial charge in [0.1, 0.15) is 0 Å². The Morgan fingerprint density at radius 1 is 1.10 bits per heavy atom. The lowest BCUT2D eigenvalue weighted by Gasteiger charge is -2.15. The third-order valence-electron chi connectivity index (χ3n) is 4.66.